The van der Waals surface area contributed by atoms with Crippen LogP contribution in [0.15, 0.2) is 66.2 Å². The second-order valence-corrected chi connectivity index (χ2v) is 8.58. The number of piperidine rings is 1. The number of ether oxygens (including phenoxy) is 1. The summed E-state index contributed by atoms with van der Waals surface area (Å²) in [5, 5.41) is 5.20. The lowest BCUT2D eigenvalue weighted by atomic mass is 9.88. The van der Waals surface area contributed by atoms with E-state index in [0.717, 1.165) is 48.8 Å². The van der Waals surface area contributed by atoms with Gasteiger partial charge in [0.05, 0.1) is 23.7 Å². The van der Waals surface area contributed by atoms with E-state index in [2.05, 4.69) is 27.3 Å². The number of aromatic nitrogens is 1. The predicted octanol–water partition coefficient (Wildman–Crippen LogP) is 4.54. The van der Waals surface area contributed by atoms with Gasteiger partial charge in [-0.3, -0.25) is 14.7 Å². The SMILES string of the molecule is COc1ccccc1CN1CCC[C@@H]([C@@H](NC(=O)c2cccs2)c2ccccn2)C1. The van der Waals surface area contributed by atoms with Crippen molar-refractivity contribution in [1.82, 2.24) is 15.2 Å². The first-order chi connectivity index (χ1) is 14.7. The number of carbonyl (C=O) groups is 1. The van der Waals surface area contributed by atoms with E-state index < -0.39 is 0 Å². The van der Waals surface area contributed by atoms with Crippen LogP contribution in [0.2, 0.25) is 0 Å². The van der Waals surface area contributed by atoms with Crippen LogP contribution in [0.1, 0.15) is 39.8 Å². The third-order valence-corrected chi connectivity index (χ3v) is 6.51. The maximum absolute atomic E-state index is 12.8. The number of hydrogen-bond donors (Lipinski definition) is 1. The number of nitrogens with one attached hydrogen (secondary N) is 1. The fourth-order valence-corrected chi connectivity index (χ4v) is 4.82. The maximum Gasteiger partial charge on any atom is 0.261 e. The van der Waals surface area contributed by atoms with Crippen molar-refractivity contribution in [2.75, 3.05) is 20.2 Å². The van der Waals surface area contributed by atoms with E-state index in [9.17, 15) is 4.79 Å². The van der Waals surface area contributed by atoms with Gasteiger partial charge in [0.1, 0.15) is 5.75 Å². The van der Waals surface area contributed by atoms with Gasteiger partial charge in [0.25, 0.3) is 5.91 Å². The van der Waals surface area contributed by atoms with Crippen LogP contribution < -0.4 is 10.1 Å². The van der Waals surface area contributed by atoms with Crippen LogP contribution in [0.3, 0.4) is 0 Å². The van der Waals surface area contributed by atoms with E-state index in [-0.39, 0.29) is 11.9 Å². The van der Waals surface area contributed by atoms with E-state index in [4.69, 9.17) is 4.74 Å². The van der Waals surface area contributed by atoms with Crippen molar-refractivity contribution in [2.45, 2.75) is 25.4 Å². The molecule has 5 nitrogen and oxygen atoms in total. The summed E-state index contributed by atoms with van der Waals surface area (Å²) in [5.41, 5.74) is 2.12. The Kier molecular flexibility index (Phi) is 6.77. The second-order valence-electron chi connectivity index (χ2n) is 7.63. The van der Waals surface area contributed by atoms with E-state index in [0.29, 0.717) is 5.92 Å². The van der Waals surface area contributed by atoms with Crippen molar-refractivity contribution in [2.24, 2.45) is 5.92 Å². The summed E-state index contributed by atoms with van der Waals surface area (Å²) >= 11 is 1.46. The number of nitrogens with zero attached hydrogens (tertiary/aromatic N) is 2. The molecule has 2 aromatic heterocycles. The Labute approximate surface area is 181 Å². The number of benzene rings is 1. The monoisotopic (exact) mass is 421 g/mol. The Bertz CT molecular complexity index is 946. The molecule has 2 atom stereocenters. The molecule has 3 heterocycles. The smallest absolute Gasteiger partial charge is 0.261 e. The minimum Gasteiger partial charge on any atom is -0.496 e. The highest BCUT2D eigenvalue weighted by molar-refractivity contribution is 7.12. The van der Waals surface area contributed by atoms with Gasteiger partial charge >= 0.3 is 0 Å². The minimum atomic E-state index is -0.110. The molecule has 6 heteroatoms. The molecule has 0 saturated carbocycles. The Morgan fingerprint density at radius 1 is 1.23 bits per heavy atom. The van der Waals surface area contributed by atoms with Crippen LogP contribution in [0.4, 0.5) is 0 Å². The van der Waals surface area contributed by atoms with Gasteiger partial charge < -0.3 is 10.1 Å². The van der Waals surface area contributed by atoms with Gasteiger partial charge in [0.2, 0.25) is 0 Å². The molecular weight excluding hydrogens is 394 g/mol. The molecule has 4 rings (SSSR count). The Morgan fingerprint density at radius 3 is 2.87 bits per heavy atom. The lowest BCUT2D eigenvalue weighted by Gasteiger charge is -2.37. The van der Waals surface area contributed by atoms with Crippen molar-refractivity contribution >= 4 is 17.2 Å². The molecule has 1 amide bonds. The average molecular weight is 422 g/mol. The summed E-state index contributed by atoms with van der Waals surface area (Å²) in [6, 6.07) is 17.8. The van der Waals surface area contributed by atoms with Crippen molar-refractivity contribution in [3.05, 3.63) is 82.3 Å². The number of para-hydroxylation sites is 1. The molecule has 1 N–H and O–H groups in total. The van der Waals surface area contributed by atoms with Crippen LogP contribution in [-0.2, 0) is 6.54 Å². The van der Waals surface area contributed by atoms with Gasteiger partial charge in [-0.15, -0.1) is 11.3 Å². The summed E-state index contributed by atoms with van der Waals surface area (Å²) < 4.78 is 5.53. The van der Waals surface area contributed by atoms with Crippen molar-refractivity contribution in [3.8, 4) is 5.75 Å². The molecule has 1 aromatic carbocycles. The zero-order valence-electron chi connectivity index (χ0n) is 17.2. The summed E-state index contributed by atoms with van der Waals surface area (Å²) in [6.45, 7) is 2.79. The number of hydrogen-bond acceptors (Lipinski definition) is 5. The molecule has 0 radical (unpaired) electrons. The molecule has 1 saturated heterocycles. The normalized spacial score (nSPS) is 18.0. The van der Waals surface area contributed by atoms with Gasteiger partial charge in [0.15, 0.2) is 0 Å². The summed E-state index contributed by atoms with van der Waals surface area (Å²) in [6.07, 6.45) is 3.96. The third-order valence-electron chi connectivity index (χ3n) is 5.64. The van der Waals surface area contributed by atoms with E-state index in [1.807, 2.05) is 47.8 Å². The fourth-order valence-electron chi connectivity index (χ4n) is 4.19. The Morgan fingerprint density at radius 2 is 2.10 bits per heavy atom. The van der Waals surface area contributed by atoms with Gasteiger partial charge in [-0.1, -0.05) is 30.3 Å². The molecule has 0 aliphatic carbocycles. The number of rotatable bonds is 7. The first kappa shape index (κ1) is 20.6. The standard InChI is InChI=1S/C24H27N3O2S/c1-29-21-11-3-2-8-18(21)16-27-14-6-9-19(17-27)23(20-10-4-5-13-25-20)26-24(28)22-12-7-15-30-22/h2-5,7-8,10-13,15,19,23H,6,9,14,16-17H2,1H3,(H,26,28)/t19-,23-/m1/s1. The van der Waals surface area contributed by atoms with Crippen LogP contribution in [-0.4, -0.2) is 36.0 Å². The predicted molar refractivity (Wildman–Crippen MR) is 120 cm³/mol. The number of thiophene rings is 1. The van der Waals surface area contributed by atoms with Crippen molar-refractivity contribution in [1.29, 1.82) is 0 Å². The Hall–Kier alpha value is -2.70. The number of amides is 1. The van der Waals surface area contributed by atoms with Crippen molar-refractivity contribution < 1.29 is 9.53 Å². The van der Waals surface area contributed by atoms with Gasteiger partial charge in [-0.05, 0) is 54.9 Å². The molecule has 30 heavy (non-hydrogen) atoms. The van der Waals surface area contributed by atoms with Crippen LogP contribution in [0.25, 0.3) is 0 Å². The highest BCUT2D eigenvalue weighted by Crippen LogP contribution is 2.31. The average Bonchev–Trinajstić information content (AvgIpc) is 3.34. The highest BCUT2D eigenvalue weighted by atomic mass is 32.1. The number of methoxy groups -OCH3 is 1. The molecule has 3 aromatic rings. The largest absolute Gasteiger partial charge is 0.496 e. The van der Waals surface area contributed by atoms with Crippen LogP contribution >= 0.6 is 11.3 Å². The van der Waals surface area contributed by atoms with Gasteiger partial charge in [-0.2, -0.15) is 0 Å². The van der Waals surface area contributed by atoms with Crippen molar-refractivity contribution in [3.63, 3.8) is 0 Å². The molecule has 0 unspecified atom stereocenters. The lowest BCUT2D eigenvalue weighted by molar-refractivity contribution is 0.0878. The first-order valence-electron chi connectivity index (χ1n) is 10.3. The summed E-state index contributed by atoms with van der Waals surface area (Å²) in [4.78, 5) is 20.6. The zero-order valence-corrected chi connectivity index (χ0v) is 18.0. The van der Waals surface area contributed by atoms with Gasteiger partial charge in [0, 0.05) is 24.8 Å². The van der Waals surface area contributed by atoms with Crippen LogP contribution in [0.5, 0.6) is 5.75 Å². The third kappa shape index (κ3) is 4.89. The molecule has 0 spiro atoms. The molecule has 1 aliphatic rings. The minimum absolute atomic E-state index is 0.0255. The number of likely N-dealkylation sites (tertiary alicyclic amines) is 1. The quantitative estimate of drug-likeness (QED) is 0.609. The number of carbonyl (C=O) groups excluding carboxylic acids is 1. The molecular formula is C24H27N3O2S. The first-order valence-corrected chi connectivity index (χ1v) is 11.2. The lowest BCUT2D eigenvalue weighted by Crippen LogP contribution is -2.43. The molecule has 156 valence electrons. The number of pyridine rings is 1. The van der Waals surface area contributed by atoms with Gasteiger partial charge in [-0.25, -0.2) is 0 Å². The van der Waals surface area contributed by atoms with E-state index in [1.54, 1.807) is 13.3 Å². The fraction of sp³-hybridized carbons (Fsp3) is 0.333. The second kappa shape index (κ2) is 9.87. The Balaban J connectivity index is 1.52. The summed E-state index contributed by atoms with van der Waals surface area (Å²) in [5.74, 6) is 1.20. The molecule has 0 bridgehead atoms. The highest BCUT2D eigenvalue weighted by Gasteiger charge is 2.31. The van der Waals surface area contributed by atoms with Crippen LogP contribution in [0, 0.1) is 5.92 Å². The van der Waals surface area contributed by atoms with E-state index >= 15 is 0 Å². The molecule has 1 fully saturated rings. The maximum atomic E-state index is 12.8. The van der Waals surface area contributed by atoms with E-state index in [1.165, 1.54) is 16.9 Å². The molecule has 1 aliphatic heterocycles. The zero-order chi connectivity index (χ0) is 20.8. The topological polar surface area (TPSA) is 54.5 Å². The summed E-state index contributed by atoms with van der Waals surface area (Å²) in [7, 11) is 1.72.